The van der Waals surface area contributed by atoms with Gasteiger partial charge in [-0.3, -0.25) is 9.69 Å². The Morgan fingerprint density at radius 2 is 2.00 bits per heavy atom. The third kappa shape index (κ3) is 3.29. The Balaban J connectivity index is 1.76. The second kappa shape index (κ2) is 6.85. The summed E-state index contributed by atoms with van der Waals surface area (Å²) in [5, 5.41) is 4.94. The molecule has 0 atom stereocenters. The second-order valence-corrected chi connectivity index (χ2v) is 6.51. The summed E-state index contributed by atoms with van der Waals surface area (Å²) in [4.78, 5) is 23.3. The van der Waals surface area contributed by atoms with Gasteiger partial charge in [-0.2, -0.15) is 4.98 Å². The van der Waals surface area contributed by atoms with Crippen molar-refractivity contribution in [2.75, 3.05) is 4.90 Å². The van der Waals surface area contributed by atoms with Crippen LogP contribution < -0.4 is 4.90 Å². The van der Waals surface area contributed by atoms with Gasteiger partial charge in [-0.05, 0) is 44.2 Å². The Kier molecular flexibility index (Phi) is 4.37. The molecule has 136 valence electrons. The highest BCUT2D eigenvalue weighted by atomic mass is 35.5. The number of fused-ring (bicyclic) bond motifs is 1. The first-order valence-corrected chi connectivity index (χ1v) is 8.70. The summed E-state index contributed by atoms with van der Waals surface area (Å²) < 4.78 is 6.93. The molecule has 0 fully saturated rings. The molecule has 1 amide bonds. The van der Waals surface area contributed by atoms with Crippen molar-refractivity contribution in [1.82, 2.24) is 19.6 Å². The van der Waals surface area contributed by atoms with Crippen LogP contribution in [0.2, 0.25) is 5.02 Å². The number of rotatable bonds is 4. The molecule has 1 aromatic carbocycles. The summed E-state index contributed by atoms with van der Waals surface area (Å²) in [6.07, 6.45) is 1.46. The van der Waals surface area contributed by atoms with Gasteiger partial charge in [0.05, 0.1) is 23.5 Å². The normalized spacial score (nSPS) is 11.1. The van der Waals surface area contributed by atoms with E-state index < -0.39 is 0 Å². The first-order valence-electron chi connectivity index (χ1n) is 8.33. The van der Waals surface area contributed by atoms with Crippen molar-refractivity contribution in [3.8, 4) is 0 Å². The molecule has 0 saturated heterocycles. The van der Waals surface area contributed by atoms with Crippen LogP contribution in [0.4, 0.5) is 5.69 Å². The highest BCUT2D eigenvalue weighted by molar-refractivity contribution is 6.34. The maximum absolute atomic E-state index is 13.0. The van der Waals surface area contributed by atoms with E-state index >= 15 is 0 Å². The maximum Gasteiger partial charge on any atom is 0.294 e. The summed E-state index contributed by atoms with van der Waals surface area (Å²) in [5.41, 5.74) is 2.33. The summed E-state index contributed by atoms with van der Waals surface area (Å²) in [6, 6.07) is 12.3. The van der Waals surface area contributed by atoms with Crippen molar-refractivity contribution >= 4 is 29.0 Å². The van der Waals surface area contributed by atoms with Crippen LogP contribution in [0.25, 0.3) is 5.78 Å². The second-order valence-electron chi connectivity index (χ2n) is 6.10. The van der Waals surface area contributed by atoms with E-state index in [1.807, 2.05) is 26.0 Å². The Morgan fingerprint density at radius 3 is 2.74 bits per heavy atom. The Morgan fingerprint density at radius 1 is 1.19 bits per heavy atom. The molecule has 0 radical (unpaired) electrons. The van der Waals surface area contributed by atoms with E-state index in [9.17, 15) is 4.79 Å². The average Bonchev–Trinajstić information content (AvgIpc) is 3.29. The van der Waals surface area contributed by atoms with Crippen LogP contribution in [-0.4, -0.2) is 25.5 Å². The number of para-hydroxylation sites is 1. The molecule has 0 aliphatic carbocycles. The molecule has 3 aromatic heterocycles. The Hall–Kier alpha value is -3.19. The SMILES string of the molecule is Cc1cc(C)n2nc(CN(C(=O)c3ccco3)c3ccccc3Cl)nc2n1. The molecule has 0 saturated carbocycles. The lowest BCUT2D eigenvalue weighted by Crippen LogP contribution is -2.31. The number of aryl methyl sites for hydroxylation is 2. The van der Waals surface area contributed by atoms with Crippen LogP contribution in [0, 0.1) is 13.8 Å². The molecule has 0 unspecified atom stereocenters. The van der Waals surface area contributed by atoms with Gasteiger partial charge in [0.1, 0.15) is 0 Å². The van der Waals surface area contributed by atoms with Crippen molar-refractivity contribution in [3.63, 3.8) is 0 Å². The number of carbonyl (C=O) groups is 1. The number of hydrogen-bond donors (Lipinski definition) is 0. The van der Waals surface area contributed by atoms with Crippen LogP contribution in [0.15, 0.2) is 53.1 Å². The van der Waals surface area contributed by atoms with Gasteiger partial charge < -0.3 is 4.42 Å². The highest BCUT2D eigenvalue weighted by Gasteiger charge is 2.24. The van der Waals surface area contributed by atoms with Gasteiger partial charge in [-0.25, -0.2) is 9.50 Å². The fraction of sp³-hybridized carbons (Fsp3) is 0.158. The van der Waals surface area contributed by atoms with E-state index in [0.717, 1.165) is 11.4 Å². The van der Waals surface area contributed by atoms with E-state index in [1.54, 1.807) is 34.8 Å². The van der Waals surface area contributed by atoms with Crippen molar-refractivity contribution < 1.29 is 9.21 Å². The van der Waals surface area contributed by atoms with E-state index in [1.165, 1.54) is 11.2 Å². The molecule has 0 N–H and O–H groups in total. The number of benzene rings is 1. The summed E-state index contributed by atoms with van der Waals surface area (Å²) in [7, 11) is 0. The topological polar surface area (TPSA) is 76.5 Å². The zero-order valence-corrected chi connectivity index (χ0v) is 15.5. The van der Waals surface area contributed by atoms with Gasteiger partial charge in [0, 0.05) is 11.4 Å². The van der Waals surface area contributed by atoms with Gasteiger partial charge >= 0.3 is 0 Å². The fourth-order valence-electron chi connectivity index (χ4n) is 2.89. The molecule has 0 spiro atoms. The molecular weight excluding hydrogens is 366 g/mol. The minimum absolute atomic E-state index is 0.130. The molecule has 4 rings (SSSR count). The zero-order chi connectivity index (χ0) is 19.0. The van der Waals surface area contributed by atoms with E-state index in [2.05, 4.69) is 15.1 Å². The maximum atomic E-state index is 13.0. The number of anilines is 1. The van der Waals surface area contributed by atoms with Gasteiger partial charge in [-0.15, -0.1) is 5.10 Å². The monoisotopic (exact) mass is 381 g/mol. The lowest BCUT2D eigenvalue weighted by molar-refractivity contribution is 0.0957. The summed E-state index contributed by atoms with van der Waals surface area (Å²) in [5.74, 6) is 0.833. The number of amides is 1. The van der Waals surface area contributed by atoms with Crippen LogP contribution in [-0.2, 0) is 6.54 Å². The summed E-state index contributed by atoms with van der Waals surface area (Å²) >= 11 is 6.33. The summed E-state index contributed by atoms with van der Waals surface area (Å²) in [6.45, 7) is 3.96. The number of furan rings is 1. The Bertz CT molecular complexity index is 1120. The largest absolute Gasteiger partial charge is 0.459 e. The molecule has 4 aromatic rings. The van der Waals surface area contributed by atoms with Crippen LogP contribution in [0.1, 0.15) is 27.8 Å². The molecule has 27 heavy (non-hydrogen) atoms. The predicted octanol–water partition coefficient (Wildman–Crippen LogP) is 3.83. The number of aromatic nitrogens is 4. The molecule has 0 aliphatic heterocycles. The number of hydrogen-bond acceptors (Lipinski definition) is 5. The average molecular weight is 382 g/mol. The van der Waals surface area contributed by atoms with E-state index in [0.29, 0.717) is 22.3 Å². The lowest BCUT2D eigenvalue weighted by Gasteiger charge is -2.21. The standard InChI is InChI=1S/C19H16ClN5O2/c1-12-10-13(2)25-19(21-12)22-17(23-25)11-24(15-7-4-3-6-14(15)20)18(26)16-8-5-9-27-16/h3-10H,11H2,1-2H3. The Labute approximate surface area is 160 Å². The zero-order valence-electron chi connectivity index (χ0n) is 14.8. The van der Waals surface area contributed by atoms with Crippen molar-refractivity contribution in [2.45, 2.75) is 20.4 Å². The molecule has 8 heteroatoms. The molecule has 3 heterocycles. The van der Waals surface area contributed by atoms with Crippen molar-refractivity contribution in [1.29, 1.82) is 0 Å². The third-order valence-electron chi connectivity index (χ3n) is 4.08. The van der Waals surface area contributed by atoms with Gasteiger partial charge in [0.15, 0.2) is 11.6 Å². The fourth-order valence-corrected chi connectivity index (χ4v) is 3.12. The van der Waals surface area contributed by atoms with Crippen molar-refractivity contribution in [2.24, 2.45) is 0 Å². The van der Waals surface area contributed by atoms with E-state index in [-0.39, 0.29) is 18.2 Å². The first kappa shape index (κ1) is 17.2. The molecule has 0 aliphatic rings. The first-order chi connectivity index (χ1) is 13.0. The quantitative estimate of drug-likeness (QED) is 0.537. The lowest BCUT2D eigenvalue weighted by atomic mass is 10.2. The van der Waals surface area contributed by atoms with Gasteiger partial charge in [-0.1, -0.05) is 23.7 Å². The van der Waals surface area contributed by atoms with Gasteiger partial charge in [0.25, 0.3) is 11.7 Å². The van der Waals surface area contributed by atoms with Crippen molar-refractivity contribution in [3.05, 3.63) is 76.7 Å². The predicted molar refractivity (Wildman–Crippen MR) is 101 cm³/mol. The molecule has 0 bridgehead atoms. The van der Waals surface area contributed by atoms with E-state index in [4.69, 9.17) is 16.0 Å². The van der Waals surface area contributed by atoms with Crippen LogP contribution in [0.5, 0.6) is 0 Å². The van der Waals surface area contributed by atoms with Gasteiger partial charge in [0.2, 0.25) is 0 Å². The minimum Gasteiger partial charge on any atom is -0.459 e. The minimum atomic E-state index is -0.326. The highest BCUT2D eigenvalue weighted by Crippen LogP contribution is 2.28. The smallest absolute Gasteiger partial charge is 0.294 e. The number of halogens is 1. The number of carbonyl (C=O) groups excluding carboxylic acids is 1. The molecule has 7 nitrogen and oxygen atoms in total. The molecular formula is C19H16ClN5O2. The van der Waals surface area contributed by atoms with Crippen LogP contribution >= 0.6 is 11.6 Å². The third-order valence-corrected chi connectivity index (χ3v) is 4.40. The number of nitrogens with zero attached hydrogens (tertiary/aromatic N) is 5. The van der Waals surface area contributed by atoms with Crippen LogP contribution in [0.3, 0.4) is 0 Å².